The summed E-state index contributed by atoms with van der Waals surface area (Å²) in [4.78, 5) is 33.5. The molecule has 3 aliphatic heterocycles. The van der Waals surface area contributed by atoms with Gasteiger partial charge in [-0.05, 0) is 11.6 Å². The molecule has 1 unspecified atom stereocenters. The topological polar surface area (TPSA) is 62.2 Å². The van der Waals surface area contributed by atoms with Gasteiger partial charge in [0.25, 0.3) is 0 Å². The van der Waals surface area contributed by atoms with Crippen molar-refractivity contribution in [3.63, 3.8) is 0 Å². The summed E-state index contributed by atoms with van der Waals surface area (Å²) < 4.78 is 5.36. The number of hydrogen-bond acceptors (Lipinski definition) is 5. The van der Waals surface area contributed by atoms with Crippen LogP contribution in [0.1, 0.15) is 31.2 Å². The fourth-order valence-corrected chi connectivity index (χ4v) is 3.81. The van der Waals surface area contributed by atoms with Gasteiger partial charge in [0.2, 0.25) is 5.91 Å². The number of amides is 1. The third kappa shape index (κ3) is 3.29. The van der Waals surface area contributed by atoms with Gasteiger partial charge in [0.15, 0.2) is 5.78 Å². The van der Waals surface area contributed by atoms with Gasteiger partial charge in [-0.1, -0.05) is 25.1 Å². The van der Waals surface area contributed by atoms with E-state index < -0.39 is 0 Å². The third-order valence-corrected chi connectivity index (χ3v) is 5.15. The van der Waals surface area contributed by atoms with Gasteiger partial charge < -0.3 is 14.5 Å². The molecule has 1 fully saturated rings. The Hall–Kier alpha value is -2.47. The number of carbonyl (C=O) groups excluding carboxylic acids is 2. The first-order chi connectivity index (χ1) is 12.6. The number of ketones is 1. The van der Waals surface area contributed by atoms with Crippen molar-refractivity contribution in [2.24, 2.45) is 4.99 Å². The molecule has 4 rings (SSSR count). The van der Waals surface area contributed by atoms with Crippen LogP contribution in [0.2, 0.25) is 0 Å². The van der Waals surface area contributed by atoms with E-state index in [2.05, 4.69) is 22.9 Å². The van der Waals surface area contributed by atoms with Crippen LogP contribution in [-0.4, -0.2) is 55.2 Å². The van der Waals surface area contributed by atoms with Crippen LogP contribution < -0.4 is 4.90 Å². The van der Waals surface area contributed by atoms with Gasteiger partial charge in [-0.25, -0.2) is 4.99 Å². The minimum atomic E-state index is 0.0107. The maximum Gasteiger partial charge on any atom is 0.232 e. The van der Waals surface area contributed by atoms with Crippen LogP contribution in [0.4, 0.5) is 5.69 Å². The standard InChI is InChI=1S/C20H23N3O3/c1-14-13-23(18-5-3-2-4-17(14)18)20(25)11-15-10-16(24)12-19(21-15)22-6-8-26-9-7-22/h2-5,12,14H,6-11,13H2,1H3. The first kappa shape index (κ1) is 17.0. The Bertz CT molecular complexity index is 793. The van der Waals surface area contributed by atoms with E-state index in [0.717, 1.165) is 18.8 Å². The Balaban J connectivity index is 1.50. The molecule has 0 bridgehead atoms. The molecule has 6 heteroatoms. The highest BCUT2D eigenvalue weighted by molar-refractivity contribution is 6.16. The zero-order valence-corrected chi connectivity index (χ0v) is 15.0. The molecule has 1 atom stereocenters. The van der Waals surface area contributed by atoms with E-state index in [-0.39, 0.29) is 24.5 Å². The van der Waals surface area contributed by atoms with Gasteiger partial charge in [-0.2, -0.15) is 0 Å². The number of nitrogens with zero attached hydrogens (tertiary/aromatic N) is 3. The highest BCUT2D eigenvalue weighted by Gasteiger charge is 2.30. The maximum absolute atomic E-state index is 12.9. The molecule has 6 nitrogen and oxygen atoms in total. The summed E-state index contributed by atoms with van der Waals surface area (Å²) in [6.45, 7) is 5.54. The number of rotatable bonds is 3. The Morgan fingerprint density at radius 2 is 2.04 bits per heavy atom. The predicted octanol–water partition coefficient (Wildman–Crippen LogP) is 2.11. The molecule has 1 amide bonds. The molecule has 0 N–H and O–H groups in total. The maximum atomic E-state index is 12.9. The average Bonchev–Trinajstić information content (AvgIpc) is 2.99. The predicted molar refractivity (Wildman–Crippen MR) is 99.4 cm³/mol. The SMILES string of the molecule is CC1CN(C(=O)CC2=NC(N3CCOCC3)=CC(=O)C2)c2ccccc21. The van der Waals surface area contributed by atoms with Crippen molar-refractivity contribution in [2.45, 2.75) is 25.7 Å². The molecule has 0 saturated carbocycles. The van der Waals surface area contributed by atoms with Crippen LogP contribution in [0.5, 0.6) is 0 Å². The molecule has 0 spiro atoms. The number of carbonyl (C=O) groups is 2. The number of para-hydroxylation sites is 1. The normalized spacial score (nSPS) is 22.8. The fourth-order valence-electron chi connectivity index (χ4n) is 3.81. The Labute approximate surface area is 153 Å². The smallest absolute Gasteiger partial charge is 0.232 e. The number of allylic oxidation sites excluding steroid dienone is 1. The lowest BCUT2D eigenvalue weighted by Gasteiger charge is -2.30. The molecule has 3 heterocycles. The largest absolute Gasteiger partial charge is 0.378 e. The van der Waals surface area contributed by atoms with Crippen molar-refractivity contribution < 1.29 is 14.3 Å². The van der Waals surface area contributed by atoms with Crippen molar-refractivity contribution in [3.8, 4) is 0 Å². The van der Waals surface area contributed by atoms with Crippen LogP contribution in [0, 0.1) is 0 Å². The molecular formula is C20H23N3O3. The molecule has 1 aromatic carbocycles. The summed E-state index contributed by atoms with van der Waals surface area (Å²) >= 11 is 0. The van der Waals surface area contributed by atoms with Crippen LogP contribution in [0.15, 0.2) is 41.2 Å². The van der Waals surface area contributed by atoms with Crippen molar-refractivity contribution in [1.29, 1.82) is 0 Å². The first-order valence-corrected chi connectivity index (χ1v) is 9.15. The summed E-state index contributed by atoms with van der Waals surface area (Å²) in [6.07, 6.45) is 2.01. The quantitative estimate of drug-likeness (QED) is 0.835. The number of ether oxygens (including phenoxy) is 1. The minimum absolute atomic E-state index is 0.0107. The molecule has 0 aromatic heterocycles. The van der Waals surface area contributed by atoms with Crippen molar-refractivity contribution in [1.82, 2.24) is 4.90 Å². The van der Waals surface area contributed by atoms with Crippen LogP contribution in [0.25, 0.3) is 0 Å². The van der Waals surface area contributed by atoms with Gasteiger partial charge >= 0.3 is 0 Å². The number of benzene rings is 1. The van der Waals surface area contributed by atoms with Crippen LogP contribution >= 0.6 is 0 Å². The van der Waals surface area contributed by atoms with Gasteiger partial charge in [-0.15, -0.1) is 0 Å². The summed E-state index contributed by atoms with van der Waals surface area (Å²) in [6, 6.07) is 8.03. The molecular weight excluding hydrogens is 330 g/mol. The minimum Gasteiger partial charge on any atom is -0.378 e. The summed E-state index contributed by atoms with van der Waals surface area (Å²) in [5.74, 6) is 1.02. The van der Waals surface area contributed by atoms with Crippen LogP contribution in [0.3, 0.4) is 0 Å². The zero-order valence-electron chi connectivity index (χ0n) is 15.0. The number of fused-ring (bicyclic) bond motifs is 1. The molecule has 136 valence electrons. The van der Waals surface area contributed by atoms with E-state index in [0.29, 0.717) is 37.2 Å². The van der Waals surface area contributed by atoms with Gasteiger partial charge in [0.05, 0.1) is 19.6 Å². The van der Waals surface area contributed by atoms with Gasteiger partial charge in [0, 0.05) is 49.4 Å². The fraction of sp³-hybridized carbons (Fsp3) is 0.450. The summed E-state index contributed by atoms with van der Waals surface area (Å²) in [5, 5.41) is 0. The Morgan fingerprint density at radius 1 is 1.27 bits per heavy atom. The summed E-state index contributed by atoms with van der Waals surface area (Å²) in [7, 11) is 0. The van der Waals surface area contributed by atoms with Crippen LogP contribution in [-0.2, 0) is 14.3 Å². The molecule has 0 aliphatic carbocycles. The number of aliphatic imine (C=N–C) groups is 1. The molecule has 26 heavy (non-hydrogen) atoms. The number of hydrogen-bond donors (Lipinski definition) is 0. The van der Waals surface area contributed by atoms with E-state index in [4.69, 9.17) is 4.74 Å². The van der Waals surface area contributed by atoms with E-state index in [1.54, 1.807) is 6.08 Å². The second-order valence-electron chi connectivity index (χ2n) is 7.06. The van der Waals surface area contributed by atoms with Gasteiger partial charge in [-0.3, -0.25) is 9.59 Å². The van der Waals surface area contributed by atoms with E-state index in [1.807, 2.05) is 23.1 Å². The zero-order chi connectivity index (χ0) is 18.1. The number of anilines is 1. The van der Waals surface area contributed by atoms with Gasteiger partial charge in [0.1, 0.15) is 5.82 Å². The van der Waals surface area contributed by atoms with Crippen molar-refractivity contribution in [2.75, 3.05) is 37.7 Å². The average molecular weight is 353 g/mol. The van der Waals surface area contributed by atoms with E-state index in [1.165, 1.54) is 5.56 Å². The lowest BCUT2D eigenvalue weighted by molar-refractivity contribution is -0.117. The lowest BCUT2D eigenvalue weighted by atomic mass is 10.0. The molecule has 1 aromatic rings. The van der Waals surface area contributed by atoms with Crippen molar-refractivity contribution in [3.05, 3.63) is 41.7 Å². The van der Waals surface area contributed by atoms with E-state index in [9.17, 15) is 9.59 Å². The monoisotopic (exact) mass is 353 g/mol. The lowest BCUT2D eigenvalue weighted by Crippen LogP contribution is -2.37. The highest BCUT2D eigenvalue weighted by Crippen LogP contribution is 2.36. The second-order valence-corrected chi connectivity index (χ2v) is 7.06. The third-order valence-electron chi connectivity index (χ3n) is 5.15. The Kier molecular flexibility index (Phi) is 4.59. The van der Waals surface area contributed by atoms with Crippen molar-refractivity contribution >= 4 is 23.1 Å². The Morgan fingerprint density at radius 3 is 2.85 bits per heavy atom. The van der Waals surface area contributed by atoms with E-state index >= 15 is 0 Å². The first-order valence-electron chi connectivity index (χ1n) is 9.15. The molecule has 1 saturated heterocycles. The summed E-state index contributed by atoms with van der Waals surface area (Å²) in [5.41, 5.74) is 2.84. The molecule has 0 radical (unpaired) electrons. The highest BCUT2D eigenvalue weighted by atomic mass is 16.5. The number of morpholine rings is 1. The molecule has 3 aliphatic rings. The second kappa shape index (κ2) is 7.03.